The highest BCUT2D eigenvalue weighted by atomic mass is 19.4. The number of hydrogen-bond donors (Lipinski definition) is 1. The zero-order chi connectivity index (χ0) is 22.1. The molecule has 3 rings (SSSR count). The predicted molar refractivity (Wildman–Crippen MR) is 106 cm³/mol. The number of aryl methyl sites for hydroxylation is 3. The largest absolute Gasteiger partial charge is 0.456 e. The van der Waals surface area contributed by atoms with E-state index in [4.69, 9.17) is 4.74 Å². The third-order valence-electron chi connectivity index (χ3n) is 4.75. The fraction of sp³-hybridized carbons (Fsp3) is 0.217. The number of rotatable bonds is 4. The first kappa shape index (κ1) is 21.4. The Morgan fingerprint density at radius 3 is 2.37 bits per heavy atom. The molecule has 7 heteroatoms. The van der Waals surface area contributed by atoms with E-state index >= 15 is 0 Å². The van der Waals surface area contributed by atoms with Gasteiger partial charge in [-0.2, -0.15) is 13.2 Å². The zero-order valence-electron chi connectivity index (χ0n) is 16.7. The SMILES string of the molecule is Cc1cc(C)c(Oc2ccc(C(F)(F)F)cc2C(=O)NC2=CC(=O)CC=C2)cc1C. The lowest BCUT2D eigenvalue weighted by molar-refractivity contribution is -0.137. The number of carbonyl (C=O) groups excluding carboxylic acids is 2. The van der Waals surface area contributed by atoms with E-state index in [1.165, 1.54) is 12.2 Å². The molecule has 2 aromatic rings. The Morgan fingerprint density at radius 1 is 1.00 bits per heavy atom. The minimum absolute atomic E-state index is 0.0152. The van der Waals surface area contributed by atoms with Crippen LogP contribution in [0.1, 0.15) is 39.0 Å². The predicted octanol–water partition coefficient (Wildman–Crippen LogP) is 5.57. The normalized spacial score (nSPS) is 13.8. The Kier molecular flexibility index (Phi) is 5.82. The first-order valence-corrected chi connectivity index (χ1v) is 9.24. The number of carbonyl (C=O) groups is 2. The van der Waals surface area contributed by atoms with Crippen LogP contribution >= 0.6 is 0 Å². The Balaban J connectivity index is 2.01. The molecule has 0 unspecified atom stereocenters. The average Bonchev–Trinajstić information content (AvgIpc) is 2.65. The van der Waals surface area contributed by atoms with Crippen molar-refractivity contribution in [2.24, 2.45) is 0 Å². The first-order chi connectivity index (χ1) is 14.0. The molecule has 0 radical (unpaired) electrons. The van der Waals surface area contributed by atoms with Gasteiger partial charge in [0.1, 0.15) is 11.5 Å². The van der Waals surface area contributed by atoms with Crippen LogP contribution in [-0.4, -0.2) is 11.7 Å². The smallest absolute Gasteiger partial charge is 0.416 e. The molecule has 2 aromatic carbocycles. The van der Waals surface area contributed by atoms with Gasteiger partial charge in [-0.15, -0.1) is 0 Å². The summed E-state index contributed by atoms with van der Waals surface area (Å²) in [6.07, 6.45) is -0.0758. The van der Waals surface area contributed by atoms with Crippen molar-refractivity contribution in [2.45, 2.75) is 33.4 Å². The number of hydrogen-bond acceptors (Lipinski definition) is 3. The number of amides is 1. The third kappa shape index (κ3) is 4.79. The van der Waals surface area contributed by atoms with Crippen molar-refractivity contribution in [3.8, 4) is 11.5 Å². The summed E-state index contributed by atoms with van der Waals surface area (Å²) in [6.45, 7) is 5.64. The maximum absolute atomic E-state index is 13.2. The van der Waals surface area contributed by atoms with Gasteiger partial charge in [-0.25, -0.2) is 0 Å². The molecule has 0 bridgehead atoms. The van der Waals surface area contributed by atoms with Gasteiger partial charge >= 0.3 is 6.18 Å². The van der Waals surface area contributed by atoms with Crippen molar-refractivity contribution < 1.29 is 27.5 Å². The zero-order valence-corrected chi connectivity index (χ0v) is 16.7. The molecule has 0 saturated heterocycles. The molecule has 0 fully saturated rings. The summed E-state index contributed by atoms with van der Waals surface area (Å²) in [5, 5.41) is 2.47. The van der Waals surface area contributed by atoms with Crippen molar-refractivity contribution in [2.75, 3.05) is 0 Å². The topological polar surface area (TPSA) is 55.4 Å². The number of ketones is 1. The van der Waals surface area contributed by atoms with Gasteiger partial charge in [0.2, 0.25) is 0 Å². The number of allylic oxidation sites excluding steroid dienone is 3. The summed E-state index contributed by atoms with van der Waals surface area (Å²) in [4.78, 5) is 24.3. The standard InChI is InChI=1S/C23H20F3NO3/c1-13-9-15(3)21(10-14(13)2)30-20-8-7-16(23(24,25)26)11-19(20)22(29)27-17-5-4-6-18(28)12-17/h4-5,7-12H,6H2,1-3H3,(H,27,29). The average molecular weight is 415 g/mol. The fourth-order valence-corrected chi connectivity index (χ4v) is 2.99. The fourth-order valence-electron chi connectivity index (χ4n) is 2.99. The molecular weight excluding hydrogens is 395 g/mol. The molecule has 1 amide bonds. The molecule has 4 nitrogen and oxygen atoms in total. The molecule has 1 aliphatic rings. The van der Waals surface area contributed by atoms with Crippen LogP contribution in [-0.2, 0) is 11.0 Å². The number of benzene rings is 2. The van der Waals surface area contributed by atoms with E-state index in [2.05, 4.69) is 5.32 Å². The van der Waals surface area contributed by atoms with Crippen LogP contribution in [0.4, 0.5) is 13.2 Å². The van der Waals surface area contributed by atoms with Crippen molar-refractivity contribution in [1.29, 1.82) is 0 Å². The lowest BCUT2D eigenvalue weighted by Gasteiger charge is -2.17. The van der Waals surface area contributed by atoms with Gasteiger partial charge in [0.25, 0.3) is 5.91 Å². The molecule has 0 heterocycles. The van der Waals surface area contributed by atoms with Gasteiger partial charge < -0.3 is 10.1 Å². The second kappa shape index (κ2) is 8.18. The Labute approximate surface area is 172 Å². The van der Waals surface area contributed by atoms with E-state index in [0.717, 1.165) is 34.9 Å². The van der Waals surface area contributed by atoms with E-state index in [0.29, 0.717) is 5.75 Å². The maximum atomic E-state index is 13.2. The minimum atomic E-state index is -4.62. The maximum Gasteiger partial charge on any atom is 0.416 e. The quantitative estimate of drug-likeness (QED) is 0.711. The Bertz CT molecular complexity index is 1080. The summed E-state index contributed by atoms with van der Waals surface area (Å²) in [5.74, 6) is -0.584. The van der Waals surface area contributed by atoms with E-state index < -0.39 is 17.6 Å². The number of alkyl halides is 3. The van der Waals surface area contributed by atoms with Crippen LogP contribution in [0, 0.1) is 20.8 Å². The van der Waals surface area contributed by atoms with Crippen molar-refractivity contribution in [3.05, 3.63) is 82.1 Å². The van der Waals surface area contributed by atoms with Gasteiger partial charge in [-0.05, 0) is 67.8 Å². The van der Waals surface area contributed by atoms with E-state index in [1.807, 2.05) is 26.8 Å². The molecular formula is C23H20F3NO3. The number of nitrogens with one attached hydrogen (secondary N) is 1. The van der Waals surface area contributed by atoms with Gasteiger partial charge in [0, 0.05) is 18.2 Å². The van der Waals surface area contributed by atoms with E-state index in [-0.39, 0.29) is 29.2 Å². The van der Waals surface area contributed by atoms with Gasteiger partial charge in [0.15, 0.2) is 5.78 Å². The summed E-state index contributed by atoms with van der Waals surface area (Å²) in [5.41, 5.74) is 1.74. The molecule has 0 saturated carbocycles. The monoisotopic (exact) mass is 415 g/mol. The molecule has 1 aliphatic carbocycles. The second-order valence-corrected chi connectivity index (χ2v) is 7.14. The summed E-state index contributed by atoms with van der Waals surface area (Å²) in [6, 6.07) is 6.41. The van der Waals surface area contributed by atoms with E-state index in [1.54, 1.807) is 12.1 Å². The van der Waals surface area contributed by atoms with Crippen LogP contribution < -0.4 is 10.1 Å². The highest BCUT2D eigenvalue weighted by Gasteiger charge is 2.32. The lowest BCUT2D eigenvalue weighted by atomic mass is 10.1. The molecule has 0 aliphatic heterocycles. The first-order valence-electron chi connectivity index (χ1n) is 9.24. The van der Waals surface area contributed by atoms with Crippen LogP contribution in [0.2, 0.25) is 0 Å². The van der Waals surface area contributed by atoms with Crippen LogP contribution in [0.15, 0.2) is 54.3 Å². The third-order valence-corrected chi connectivity index (χ3v) is 4.75. The number of halogens is 3. The molecule has 1 N–H and O–H groups in total. The van der Waals surface area contributed by atoms with Crippen LogP contribution in [0.25, 0.3) is 0 Å². The lowest BCUT2D eigenvalue weighted by Crippen LogP contribution is -2.24. The summed E-state index contributed by atoms with van der Waals surface area (Å²) in [7, 11) is 0. The molecule has 0 atom stereocenters. The van der Waals surface area contributed by atoms with Crippen LogP contribution in [0.3, 0.4) is 0 Å². The minimum Gasteiger partial charge on any atom is -0.456 e. The van der Waals surface area contributed by atoms with Crippen molar-refractivity contribution >= 4 is 11.7 Å². The highest BCUT2D eigenvalue weighted by molar-refractivity contribution is 6.00. The Morgan fingerprint density at radius 2 is 1.70 bits per heavy atom. The van der Waals surface area contributed by atoms with Crippen LogP contribution in [0.5, 0.6) is 11.5 Å². The molecule has 0 aromatic heterocycles. The van der Waals surface area contributed by atoms with Crippen molar-refractivity contribution in [3.63, 3.8) is 0 Å². The number of ether oxygens (including phenoxy) is 1. The van der Waals surface area contributed by atoms with Gasteiger partial charge in [-0.1, -0.05) is 12.1 Å². The van der Waals surface area contributed by atoms with Crippen molar-refractivity contribution in [1.82, 2.24) is 5.32 Å². The second-order valence-electron chi connectivity index (χ2n) is 7.14. The molecule has 156 valence electrons. The molecule has 30 heavy (non-hydrogen) atoms. The molecule has 0 spiro atoms. The Hall–Kier alpha value is -3.35. The van der Waals surface area contributed by atoms with Gasteiger partial charge in [0.05, 0.1) is 11.1 Å². The summed E-state index contributed by atoms with van der Waals surface area (Å²) >= 11 is 0. The van der Waals surface area contributed by atoms with Gasteiger partial charge in [-0.3, -0.25) is 9.59 Å². The highest BCUT2D eigenvalue weighted by Crippen LogP contribution is 2.35. The summed E-state index contributed by atoms with van der Waals surface area (Å²) < 4.78 is 45.5. The van der Waals surface area contributed by atoms with E-state index in [9.17, 15) is 22.8 Å².